The van der Waals surface area contributed by atoms with Crippen molar-refractivity contribution < 1.29 is 4.79 Å². The number of amides is 1. The molecule has 3 aromatic carbocycles. The van der Waals surface area contributed by atoms with Gasteiger partial charge >= 0.3 is 0 Å². The van der Waals surface area contributed by atoms with Crippen LogP contribution in [0.1, 0.15) is 71.5 Å². The number of piperidine rings is 1. The summed E-state index contributed by atoms with van der Waals surface area (Å²) in [4.78, 5) is 21.0. The first-order chi connectivity index (χ1) is 18.4. The van der Waals surface area contributed by atoms with Gasteiger partial charge in [-0.1, -0.05) is 49.2 Å². The Labute approximate surface area is 229 Å². The largest absolute Gasteiger partial charge is 0.378 e. The Morgan fingerprint density at radius 2 is 1.39 bits per heavy atom. The topological polar surface area (TPSA) is 26.8 Å². The van der Waals surface area contributed by atoms with Crippen LogP contribution in [0.15, 0.2) is 72.8 Å². The molecule has 1 heterocycles. The minimum atomic E-state index is 0.110. The summed E-state index contributed by atoms with van der Waals surface area (Å²) in [5, 5.41) is 0. The number of hydrogen-bond donors (Lipinski definition) is 0. The molecule has 0 unspecified atom stereocenters. The van der Waals surface area contributed by atoms with E-state index in [4.69, 9.17) is 0 Å². The fourth-order valence-corrected chi connectivity index (χ4v) is 6.74. The van der Waals surface area contributed by atoms with Gasteiger partial charge in [-0.05, 0) is 98.5 Å². The lowest BCUT2D eigenvalue weighted by atomic mass is 9.78. The van der Waals surface area contributed by atoms with Crippen LogP contribution in [0.4, 0.5) is 11.4 Å². The van der Waals surface area contributed by atoms with Gasteiger partial charge in [0.1, 0.15) is 0 Å². The molecule has 38 heavy (non-hydrogen) atoms. The number of nitrogens with zero attached hydrogens (tertiary/aromatic N) is 3. The van der Waals surface area contributed by atoms with E-state index in [1.54, 1.807) is 0 Å². The van der Waals surface area contributed by atoms with Gasteiger partial charge in [-0.25, -0.2) is 0 Å². The molecule has 4 nitrogen and oxygen atoms in total. The molecule has 2 fully saturated rings. The van der Waals surface area contributed by atoms with Crippen LogP contribution in [0, 0.1) is 13.8 Å². The Kier molecular flexibility index (Phi) is 8.18. The van der Waals surface area contributed by atoms with Crippen molar-refractivity contribution in [2.24, 2.45) is 0 Å². The van der Waals surface area contributed by atoms with E-state index in [0.717, 1.165) is 42.9 Å². The SMILES string of the molecule is Cc1cc(C)cc(N(C(=O)c2ccc(N(C)C)cc2)C2CCN([C@@H]3CCCC[C@@H]3c3ccccc3)CC2)c1. The number of likely N-dealkylation sites (tertiary alicyclic amines) is 1. The molecular formula is C34H43N3O. The van der Waals surface area contributed by atoms with Gasteiger partial charge in [-0.3, -0.25) is 9.69 Å². The summed E-state index contributed by atoms with van der Waals surface area (Å²) in [6.07, 6.45) is 7.23. The molecule has 2 aliphatic rings. The Morgan fingerprint density at radius 1 is 0.763 bits per heavy atom. The third kappa shape index (κ3) is 5.81. The van der Waals surface area contributed by atoms with Crippen molar-refractivity contribution in [3.05, 3.63) is 95.1 Å². The molecular weight excluding hydrogens is 466 g/mol. The van der Waals surface area contributed by atoms with Crippen LogP contribution < -0.4 is 9.80 Å². The first-order valence-corrected chi connectivity index (χ1v) is 14.4. The van der Waals surface area contributed by atoms with E-state index in [0.29, 0.717) is 12.0 Å². The first-order valence-electron chi connectivity index (χ1n) is 14.4. The maximum Gasteiger partial charge on any atom is 0.258 e. The van der Waals surface area contributed by atoms with E-state index in [1.165, 1.54) is 42.4 Å². The van der Waals surface area contributed by atoms with Gasteiger partial charge in [-0.2, -0.15) is 0 Å². The zero-order chi connectivity index (χ0) is 26.6. The molecule has 1 aliphatic heterocycles. The molecule has 1 saturated carbocycles. The quantitative estimate of drug-likeness (QED) is 0.351. The van der Waals surface area contributed by atoms with Gasteiger partial charge in [0, 0.05) is 56.2 Å². The van der Waals surface area contributed by atoms with E-state index in [-0.39, 0.29) is 11.9 Å². The average Bonchev–Trinajstić information content (AvgIpc) is 2.93. The molecule has 2 atom stereocenters. The zero-order valence-corrected chi connectivity index (χ0v) is 23.6. The molecule has 0 radical (unpaired) electrons. The van der Waals surface area contributed by atoms with Gasteiger partial charge in [0.05, 0.1) is 0 Å². The number of carbonyl (C=O) groups excluding carboxylic acids is 1. The van der Waals surface area contributed by atoms with Crippen molar-refractivity contribution in [1.82, 2.24) is 4.90 Å². The van der Waals surface area contributed by atoms with E-state index < -0.39 is 0 Å². The predicted molar refractivity (Wildman–Crippen MR) is 160 cm³/mol. The van der Waals surface area contributed by atoms with Crippen LogP contribution in [0.25, 0.3) is 0 Å². The minimum Gasteiger partial charge on any atom is -0.378 e. The Balaban J connectivity index is 1.37. The number of aryl methyl sites for hydroxylation is 2. The summed E-state index contributed by atoms with van der Waals surface area (Å²) in [5.41, 5.74) is 6.79. The van der Waals surface area contributed by atoms with Crippen molar-refractivity contribution in [3.8, 4) is 0 Å². The lowest BCUT2D eigenvalue weighted by Gasteiger charge is -2.45. The molecule has 5 rings (SSSR count). The van der Waals surface area contributed by atoms with Gasteiger partial charge in [0.25, 0.3) is 5.91 Å². The standard InChI is InChI=1S/C34H43N3O/c1-25-22-26(2)24-31(23-25)37(34(38)28-14-16-29(17-15-28)35(3)4)30-18-20-36(21-19-30)33-13-9-8-12-32(33)27-10-6-5-7-11-27/h5-7,10-11,14-17,22-24,30,32-33H,8-9,12-13,18-21H2,1-4H3/t32-,33-/m1/s1. The number of rotatable bonds is 6. The summed E-state index contributed by atoms with van der Waals surface area (Å²) in [6.45, 7) is 6.35. The highest BCUT2D eigenvalue weighted by Crippen LogP contribution is 2.38. The number of benzene rings is 3. The Morgan fingerprint density at radius 3 is 2.03 bits per heavy atom. The van der Waals surface area contributed by atoms with Gasteiger partial charge < -0.3 is 9.80 Å². The average molecular weight is 510 g/mol. The lowest BCUT2D eigenvalue weighted by Crippen LogP contribution is -2.51. The molecule has 0 aromatic heterocycles. The summed E-state index contributed by atoms with van der Waals surface area (Å²) >= 11 is 0. The summed E-state index contributed by atoms with van der Waals surface area (Å²) in [7, 11) is 4.06. The van der Waals surface area contributed by atoms with Crippen LogP contribution in [-0.2, 0) is 0 Å². The van der Waals surface area contributed by atoms with Crippen LogP contribution in [-0.4, -0.2) is 50.1 Å². The molecule has 1 amide bonds. The smallest absolute Gasteiger partial charge is 0.258 e. The second kappa shape index (κ2) is 11.7. The fraction of sp³-hybridized carbons (Fsp3) is 0.441. The van der Waals surface area contributed by atoms with Crippen molar-refractivity contribution in [2.75, 3.05) is 37.0 Å². The third-order valence-electron chi connectivity index (χ3n) is 8.62. The second-order valence-electron chi connectivity index (χ2n) is 11.6. The van der Waals surface area contributed by atoms with E-state index in [2.05, 4.69) is 77.1 Å². The first kappa shape index (κ1) is 26.5. The number of hydrogen-bond acceptors (Lipinski definition) is 3. The monoisotopic (exact) mass is 509 g/mol. The predicted octanol–water partition coefficient (Wildman–Crippen LogP) is 7.21. The Bertz CT molecular complexity index is 1190. The van der Waals surface area contributed by atoms with Crippen molar-refractivity contribution in [2.45, 2.75) is 70.4 Å². The molecule has 4 heteroatoms. The summed E-state index contributed by atoms with van der Waals surface area (Å²) in [5.74, 6) is 0.729. The molecule has 1 saturated heterocycles. The minimum absolute atomic E-state index is 0.110. The van der Waals surface area contributed by atoms with Crippen LogP contribution in [0.3, 0.4) is 0 Å². The highest BCUT2D eigenvalue weighted by atomic mass is 16.2. The van der Waals surface area contributed by atoms with E-state index in [1.807, 2.05) is 38.4 Å². The zero-order valence-electron chi connectivity index (χ0n) is 23.6. The molecule has 3 aromatic rings. The van der Waals surface area contributed by atoms with Crippen molar-refractivity contribution in [1.29, 1.82) is 0 Å². The highest BCUT2D eigenvalue weighted by Gasteiger charge is 2.36. The van der Waals surface area contributed by atoms with Crippen LogP contribution in [0.5, 0.6) is 0 Å². The van der Waals surface area contributed by atoms with Crippen molar-refractivity contribution >= 4 is 17.3 Å². The van der Waals surface area contributed by atoms with Gasteiger partial charge in [-0.15, -0.1) is 0 Å². The van der Waals surface area contributed by atoms with Gasteiger partial charge in [0.15, 0.2) is 0 Å². The lowest BCUT2D eigenvalue weighted by molar-refractivity contribution is 0.0895. The van der Waals surface area contributed by atoms with Crippen molar-refractivity contribution in [3.63, 3.8) is 0 Å². The number of anilines is 2. The molecule has 1 aliphatic carbocycles. The van der Waals surface area contributed by atoms with Gasteiger partial charge in [0.2, 0.25) is 0 Å². The number of carbonyl (C=O) groups is 1. The Hall–Kier alpha value is -3.11. The van der Waals surface area contributed by atoms with Crippen LogP contribution in [0.2, 0.25) is 0 Å². The second-order valence-corrected chi connectivity index (χ2v) is 11.6. The molecule has 0 bridgehead atoms. The molecule has 0 N–H and O–H groups in total. The van der Waals surface area contributed by atoms with Crippen LogP contribution >= 0.6 is 0 Å². The molecule has 0 spiro atoms. The fourth-order valence-electron chi connectivity index (χ4n) is 6.74. The maximum atomic E-state index is 14.1. The summed E-state index contributed by atoms with van der Waals surface area (Å²) in [6, 6.07) is 26.5. The van der Waals surface area contributed by atoms with E-state index in [9.17, 15) is 4.79 Å². The maximum absolute atomic E-state index is 14.1. The molecule has 200 valence electrons. The highest BCUT2D eigenvalue weighted by molar-refractivity contribution is 6.06. The normalized spacial score (nSPS) is 20.7. The summed E-state index contributed by atoms with van der Waals surface area (Å²) < 4.78 is 0. The third-order valence-corrected chi connectivity index (χ3v) is 8.62. The van der Waals surface area contributed by atoms with E-state index >= 15 is 0 Å².